The number of rotatable bonds is 0. The van der Waals surface area contributed by atoms with Gasteiger partial charge in [-0.15, -0.1) is 0 Å². The molecule has 3 saturated carbocycles. The molecule has 2 nitrogen and oxygen atoms in total. The van der Waals surface area contributed by atoms with Gasteiger partial charge in [0.05, 0.1) is 11.2 Å². The molecule has 17 heavy (non-hydrogen) atoms. The Labute approximate surface area is 104 Å². The summed E-state index contributed by atoms with van der Waals surface area (Å²) < 4.78 is 0. The lowest BCUT2D eigenvalue weighted by atomic mass is 9.77. The number of hydrogen-bond acceptors (Lipinski definition) is 2. The molecule has 0 amide bonds. The lowest BCUT2D eigenvalue weighted by molar-refractivity contribution is -0.0186. The fourth-order valence-corrected chi connectivity index (χ4v) is 5.25. The minimum atomic E-state index is -0.517. The minimum Gasteiger partial charge on any atom is -0.390 e. The molecule has 3 aliphatic rings. The molecule has 0 aliphatic heterocycles. The van der Waals surface area contributed by atoms with E-state index in [0.717, 1.165) is 25.7 Å². The molecule has 0 spiro atoms. The molecule has 98 valence electrons. The van der Waals surface area contributed by atoms with E-state index in [0.29, 0.717) is 29.1 Å². The molecule has 3 fully saturated rings. The van der Waals surface area contributed by atoms with E-state index in [4.69, 9.17) is 0 Å². The van der Waals surface area contributed by atoms with Gasteiger partial charge in [0.15, 0.2) is 0 Å². The number of aliphatic hydroxyl groups is 2. The first-order valence-electron chi connectivity index (χ1n) is 7.10. The summed E-state index contributed by atoms with van der Waals surface area (Å²) in [5, 5.41) is 21.2. The van der Waals surface area contributed by atoms with E-state index < -0.39 is 11.2 Å². The van der Waals surface area contributed by atoms with Crippen molar-refractivity contribution in [1.82, 2.24) is 0 Å². The summed E-state index contributed by atoms with van der Waals surface area (Å²) in [6.07, 6.45) is 3.81. The number of hydrogen-bond donors (Lipinski definition) is 2. The molecule has 2 heteroatoms. The highest BCUT2D eigenvalue weighted by atomic mass is 16.3. The quantitative estimate of drug-likeness (QED) is 0.681. The summed E-state index contributed by atoms with van der Waals surface area (Å²) in [7, 11) is 0. The summed E-state index contributed by atoms with van der Waals surface area (Å²) in [5.41, 5.74) is -0.694. The van der Waals surface area contributed by atoms with Crippen LogP contribution in [0.15, 0.2) is 0 Å². The molecule has 0 radical (unpaired) electrons. The maximum atomic E-state index is 10.6. The van der Waals surface area contributed by atoms with Crippen molar-refractivity contribution >= 4 is 0 Å². The zero-order valence-electron chi connectivity index (χ0n) is 11.5. The average molecular weight is 238 g/mol. The van der Waals surface area contributed by atoms with Crippen LogP contribution in [0.1, 0.15) is 53.4 Å². The standard InChI is InChI=1S/C15H26O2/c1-13(2)10-8-14(3,16)7-9-5-6-15(4,17)11(9)12(10)13/h9-12,16-17H,5-8H2,1-4H3. The maximum Gasteiger partial charge on any atom is 0.0653 e. The van der Waals surface area contributed by atoms with Gasteiger partial charge in [-0.3, -0.25) is 0 Å². The van der Waals surface area contributed by atoms with Crippen molar-refractivity contribution in [3.63, 3.8) is 0 Å². The van der Waals surface area contributed by atoms with E-state index in [-0.39, 0.29) is 0 Å². The van der Waals surface area contributed by atoms with Crippen molar-refractivity contribution < 1.29 is 10.2 Å². The second-order valence-electron chi connectivity index (χ2n) is 8.04. The second kappa shape index (κ2) is 3.08. The first-order chi connectivity index (χ1) is 7.65. The van der Waals surface area contributed by atoms with Gasteiger partial charge in [0.2, 0.25) is 0 Å². The van der Waals surface area contributed by atoms with Gasteiger partial charge < -0.3 is 10.2 Å². The highest BCUT2D eigenvalue weighted by molar-refractivity contribution is 5.17. The average Bonchev–Trinajstić information content (AvgIpc) is 2.56. The van der Waals surface area contributed by atoms with Crippen molar-refractivity contribution in [3.05, 3.63) is 0 Å². The summed E-state index contributed by atoms with van der Waals surface area (Å²) in [4.78, 5) is 0. The summed E-state index contributed by atoms with van der Waals surface area (Å²) in [6, 6.07) is 0. The van der Waals surface area contributed by atoms with Gasteiger partial charge in [-0.25, -0.2) is 0 Å². The van der Waals surface area contributed by atoms with E-state index in [1.165, 1.54) is 0 Å². The van der Waals surface area contributed by atoms with Crippen LogP contribution in [0.5, 0.6) is 0 Å². The SMILES string of the molecule is CC1(O)CC2CCC(C)(O)C2C2C(C1)C2(C)C. The predicted octanol–water partition coefficient (Wildman–Crippen LogP) is 2.58. The topological polar surface area (TPSA) is 40.5 Å². The summed E-state index contributed by atoms with van der Waals surface area (Å²) in [6.45, 7) is 8.64. The Balaban J connectivity index is 1.97. The van der Waals surface area contributed by atoms with Gasteiger partial charge in [-0.2, -0.15) is 0 Å². The van der Waals surface area contributed by atoms with E-state index in [2.05, 4.69) is 13.8 Å². The van der Waals surface area contributed by atoms with Gasteiger partial charge in [-0.05, 0) is 68.6 Å². The smallest absolute Gasteiger partial charge is 0.0653 e. The zero-order valence-corrected chi connectivity index (χ0v) is 11.5. The molecular weight excluding hydrogens is 212 g/mol. The predicted molar refractivity (Wildman–Crippen MR) is 67.5 cm³/mol. The van der Waals surface area contributed by atoms with Gasteiger partial charge in [-0.1, -0.05) is 13.8 Å². The molecular formula is C15H26O2. The number of fused-ring (bicyclic) bond motifs is 3. The summed E-state index contributed by atoms with van der Waals surface area (Å²) >= 11 is 0. The Kier molecular flexibility index (Phi) is 2.17. The van der Waals surface area contributed by atoms with Crippen LogP contribution in [0.4, 0.5) is 0 Å². The highest BCUT2D eigenvalue weighted by Gasteiger charge is 2.68. The van der Waals surface area contributed by atoms with E-state index in [9.17, 15) is 10.2 Å². The Morgan fingerprint density at radius 2 is 1.59 bits per heavy atom. The summed E-state index contributed by atoms with van der Waals surface area (Å²) in [5.74, 6) is 2.17. The van der Waals surface area contributed by atoms with Crippen LogP contribution in [0.3, 0.4) is 0 Å². The van der Waals surface area contributed by atoms with Crippen LogP contribution >= 0.6 is 0 Å². The molecule has 0 heterocycles. The molecule has 0 bridgehead atoms. The molecule has 0 aromatic carbocycles. The molecule has 6 unspecified atom stereocenters. The molecule has 0 saturated heterocycles. The fraction of sp³-hybridized carbons (Fsp3) is 1.00. The lowest BCUT2D eigenvalue weighted by Crippen LogP contribution is -2.36. The minimum absolute atomic E-state index is 0.321. The van der Waals surface area contributed by atoms with E-state index in [1.54, 1.807) is 0 Å². The van der Waals surface area contributed by atoms with Gasteiger partial charge >= 0.3 is 0 Å². The van der Waals surface area contributed by atoms with E-state index in [1.807, 2.05) is 13.8 Å². The van der Waals surface area contributed by atoms with Gasteiger partial charge in [0.25, 0.3) is 0 Å². The Hall–Kier alpha value is -0.0800. The first-order valence-corrected chi connectivity index (χ1v) is 7.10. The lowest BCUT2D eigenvalue weighted by Gasteiger charge is -2.33. The molecule has 0 aromatic heterocycles. The second-order valence-corrected chi connectivity index (χ2v) is 8.04. The third kappa shape index (κ3) is 1.60. The van der Waals surface area contributed by atoms with E-state index >= 15 is 0 Å². The largest absolute Gasteiger partial charge is 0.390 e. The first kappa shape index (κ1) is 12.0. The molecule has 6 atom stereocenters. The Morgan fingerprint density at radius 1 is 0.941 bits per heavy atom. The monoisotopic (exact) mass is 238 g/mol. The van der Waals surface area contributed by atoms with Crippen LogP contribution in [-0.4, -0.2) is 21.4 Å². The maximum absolute atomic E-state index is 10.6. The Bertz CT molecular complexity index is 343. The van der Waals surface area contributed by atoms with Gasteiger partial charge in [0, 0.05) is 0 Å². The van der Waals surface area contributed by atoms with Crippen molar-refractivity contribution in [2.24, 2.45) is 29.1 Å². The van der Waals surface area contributed by atoms with Crippen molar-refractivity contribution in [2.75, 3.05) is 0 Å². The van der Waals surface area contributed by atoms with Crippen LogP contribution in [0.25, 0.3) is 0 Å². The highest BCUT2D eigenvalue weighted by Crippen LogP contribution is 2.71. The van der Waals surface area contributed by atoms with Crippen LogP contribution in [0.2, 0.25) is 0 Å². The van der Waals surface area contributed by atoms with Gasteiger partial charge in [0.1, 0.15) is 0 Å². The van der Waals surface area contributed by atoms with Crippen LogP contribution in [-0.2, 0) is 0 Å². The van der Waals surface area contributed by atoms with Crippen LogP contribution in [0, 0.1) is 29.1 Å². The molecule has 0 aromatic rings. The molecule has 3 aliphatic carbocycles. The third-order valence-electron chi connectivity index (χ3n) is 6.13. The Morgan fingerprint density at radius 3 is 2.24 bits per heavy atom. The van der Waals surface area contributed by atoms with Crippen molar-refractivity contribution in [1.29, 1.82) is 0 Å². The van der Waals surface area contributed by atoms with Crippen molar-refractivity contribution in [2.45, 2.75) is 64.6 Å². The molecule has 3 rings (SSSR count). The third-order valence-corrected chi connectivity index (χ3v) is 6.13. The van der Waals surface area contributed by atoms with Crippen molar-refractivity contribution in [3.8, 4) is 0 Å². The normalized spacial score (nSPS) is 60.4. The van der Waals surface area contributed by atoms with Crippen LogP contribution < -0.4 is 0 Å². The zero-order chi connectivity index (χ0) is 12.6. The fourth-order valence-electron chi connectivity index (χ4n) is 5.25. The molecule has 2 N–H and O–H groups in total.